The number of fused-ring (bicyclic) bond motifs is 1. The molecule has 0 bridgehead atoms. The molecule has 2 aromatic heterocycles. The van der Waals surface area contributed by atoms with Crippen LogP contribution < -0.4 is 15.2 Å². The molecule has 2 aromatic carbocycles. The molecule has 33 heavy (non-hydrogen) atoms. The first kappa shape index (κ1) is 22.8. The highest BCUT2D eigenvalue weighted by Gasteiger charge is 2.14. The molecule has 0 atom stereocenters. The number of benzene rings is 2. The normalized spacial score (nSPS) is 12.0. The molecular formula is C24H20BrN3O4S. The Hall–Kier alpha value is -3.43. The van der Waals surface area contributed by atoms with Crippen LogP contribution in [-0.4, -0.2) is 22.5 Å². The summed E-state index contributed by atoms with van der Waals surface area (Å²) in [5, 5.41) is 21.0. The van der Waals surface area contributed by atoms with Crippen molar-refractivity contribution < 1.29 is 14.3 Å². The van der Waals surface area contributed by atoms with Crippen LogP contribution in [0.2, 0.25) is 0 Å². The summed E-state index contributed by atoms with van der Waals surface area (Å²) in [6, 6.07) is 12.2. The van der Waals surface area contributed by atoms with Gasteiger partial charge >= 0.3 is 5.63 Å². The lowest BCUT2D eigenvalue weighted by atomic mass is 10.1. The molecule has 0 aliphatic heterocycles. The molecule has 0 unspecified atom stereocenters. The molecule has 0 radical (unpaired) electrons. The van der Waals surface area contributed by atoms with Crippen molar-refractivity contribution in [1.82, 2.24) is 4.57 Å². The van der Waals surface area contributed by atoms with Crippen molar-refractivity contribution in [1.29, 1.82) is 0 Å². The SMILES string of the molecule is C=CCn1c(-c2cc3cc(Br)ccc3oc2=O)cs/c1=N\N=C\c1ccc(O)c(OCC)c1. The van der Waals surface area contributed by atoms with E-state index in [1.807, 2.05) is 35.1 Å². The smallest absolute Gasteiger partial charge is 0.345 e. The fourth-order valence-electron chi connectivity index (χ4n) is 3.23. The van der Waals surface area contributed by atoms with Crippen LogP contribution in [-0.2, 0) is 6.54 Å². The van der Waals surface area contributed by atoms with Crippen LogP contribution >= 0.6 is 27.3 Å². The third-order valence-electron chi connectivity index (χ3n) is 4.71. The van der Waals surface area contributed by atoms with Gasteiger partial charge in [0.05, 0.1) is 24.1 Å². The number of ether oxygens (including phenoxy) is 1. The summed E-state index contributed by atoms with van der Waals surface area (Å²) in [5.74, 6) is 0.454. The van der Waals surface area contributed by atoms with Crippen molar-refractivity contribution in [3.63, 3.8) is 0 Å². The quantitative estimate of drug-likeness (QED) is 0.153. The molecule has 0 amide bonds. The minimum atomic E-state index is -0.428. The first-order valence-electron chi connectivity index (χ1n) is 10.1. The van der Waals surface area contributed by atoms with E-state index in [9.17, 15) is 9.90 Å². The molecule has 0 saturated heterocycles. The zero-order valence-corrected chi connectivity index (χ0v) is 20.1. The number of thiazole rings is 1. The van der Waals surface area contributed by atoms with Crippen LogP contribution in [0.25, 0.3) is 22.2 Å². The van der Waals surface area contributed by atoms with Gasteiger partial charge in [-0.05, 0) is 55.0 Å². The summed E-state index contributed by atoms with van der Waals surface area (Å²) in [7, 11) is 0. The maximum Gasteiger partial charge on any atom is 0.345 e. The van der Waals surface area contributed by atoms with Gasteiger partial charge in [-0.1, -0.05) is 22.0 Å². The van der Waals surface area contributed by atoms with E-state index in [0.717, 1.165) is 15.4 Å². The lowest BCUT2D eigenvalue weighted by Crippen LogP contribution is -2.17. The second-order valence-corrected chi connectivity index (χ2v) is 8.69. The van der Waals surface area contributed by atoms with Gasteiger partial charge in [0.15, 0.2) is 11.5 Å². The minimum Gasteiger partial charge on any atom is -0.504 e. The number of phenols is 1. The molecular weight excluding hydrogens is 506 g/mol. The van der Waals surface area contributed by atoms with Crippen LogP contribution in [0.5, 0.6) is 11.5 Å². The lowest BCUT2D eigenvalue weighted by Gasteiger charge is -2.06. The second kappa shape index (κ2) is 10.0. The number of hydrogen-bond donors (Lipinski definition) is 1. The molecule has 0 fully saturated rings. The molecule has 1 N–H and O–H groups in total. The zero-order valence-electron chi connectivity index (χ0n) is 17.7. The molecule has 0 aliphatic rings. The van der Waals surface area contributed by atoms with Gasteiger partial charge in [-0.25, -0.2) is 4.79 Å². The van der Waals surface area contributed by atoms with Crippen molar-refractivity contribution in [3.05, 3.63) is 85.8 Å². The highest BCUT2D eigenvalue weighted by molar-refractivity contribution is 9.10. The van der Waals surface area contributed by atoms with Crippen molar-refractivity contribution in [2.45, 2.75) is 13.5 Å². The highest BCUT2D eigenvalue weighted by atomic mass is 79.9. The Labute approximate surface area is 201 Å². The van der Waals surface area contributed by atoms with Gasteiger partial charge in [-0.15, -0.1) is 23.0 Å². The molecule has 4 rings (SSSR count). The Morgan fingerprint density at radius 1 is 1.27 bits per heavy atom. The standard InChI is InChI=1S/C24H20BrN3O4S/c1-3-9-28-19(18-12-16-11-17(25)6-8-21(16)32-23(18)30)14-33-24(28)27-26-13-15-5-7-20(29)22(10-15)31-4-2/h3,5-8,10-14,29H,1,4,9H2,2H3/b26-13+,27-24-. The predicted octanol–water partition coefficient (Wildman–Crippen LogP) is 5.31. The maximum atomic E-state index is 12.7. The number of nitrogens with zero attached hydrogens (tertiary/aromatic N) is 3. The Kier molecular flexibility index (Phi) is 6.90. The van der Waals surface area contributed by atoms with Gasteiger partial charge in [0.25, 0.3) is 0 Å². The maximum absolute atomic E-state index is 12.7. The number of rotatable bonds is 7. The van der Waals surface area contributed by atoms with Crippen LogP contribution in [0, 0.1) is 0 Å². The van der Waals surface area contributed by atoms with Crippen molar-refractivity contribution in [2.24, 2.45) is 10.2 Å². The Bertz CT molecular complexity index is 1480. The molecule has 168 valence electrons. The van der Waals surface area contributed by atoms with Crippen LogP contribution in [0.3, 0.4) is 0 Å². The van der Waals surface area contributed by atoms with E-state index >= 15 is 0 Å². The zero-order chi connectivity index (χ0) is 23.4. The van der Waals surface area contributed by atoms with Gasteiger partial charge in [0.1, 0.15) is 5.58 Å². The largest absolute Gasteiger partial charge is 0.504 e. The van der Waals surface area contributed by atoms with E-state index in [1.54, 1.807) is 36.6 Å². The topological polar surface area (TPSA) is 89.3 Å². The summed E-state index contributed by atoms with van der Waals surface area (Å²) < 4.78 is 13.7. The first-order valence-corrected chi connectivity index (χ1v) is 11.7. The van der Waals surface area contributed by atoms with Gasteiger partial charge in [-0.2, -0.15) is 5.10 Å². The number of aromatic hydroxyl groups is 1. The third kappa shape index (κ3) is 4.99. The van der Waals surface area contributed by atoms with E-state index in [0.29, 0.717) is 40.5 Å². The number of aromatic nitrogens is 1. The van der Waals surface area contributed by atoms with Crippen molar-refractivity contribution >= 4 is 44.5 Å². The predicted molar refractivity (Wildman–Crippen MR) is 134 cm³/mol. The van der Waals surface area contributed by atoms with Gasteiger partial charge < -0.3 is 18.8 Å². The van der Waals surface area contributed by atoms with Crippen LogP contribution in [0.4, 0.5) is 0 Å². The summed E-state index contributed by atoms with van der Waals surface area (Å²) in [6.07, 6.45) is 3.30. The minimum absolute atomic E-state index is 0.0684. The van der Waals surface area contributed by atoms with Crippen molar-refractivity contribution in [2.75, 3.05) is 6.61 Å². The Morgan fingerprint density at radius 3 is 2.91 bits per heavy atom. The Morgan fingerprint density at radius 2 is 2.12 bits per heavy atom. The molecule has 0 aliphatic carbocycles. The monoisotopic (exact) mass is 525 g/mol. The molecule has 4 aromatic rings. The summed E-state index contributed by atoms with van der Waals surface area (Å²) in [4.78, 5) is 13.3. The van der Waals surface area contributed by atoms with E-state index in [2.05, 4.69) is 32.7 Å². The number of allylic oxidation sites excluding steroid dienone is 1. The first-order chi connectivity index (χ1) is 16.0. The van der Waals surface area contributed by atoms with E-state index in [-0.39, 0.29) is 5.75 Å². The van der Waals surface area contributed by atoms with E-state index < -0.39 is 5.63 Å². The fourth-order valence-corrected chi connectivity index (χ4v) is 4.48. The number of halogens is 1. The van der Waals surface area contributed by atoms with Crippen molar-refractivity contribution in [3.8, 4) is 22.8 Å². The molecule has 7 nitrogen and oxygen atoms in total. The van der Waals surface area contributed by atoms with Gasteiger partial charge in [0.2, 0.25) is 4.80 Å². The number of phenolic OH excluding ortho intramolecular Hbond substituents is 1. The van der Waals surface area contributed by atoms with E-state index in [1.165, 1.54) is 11.3 Å². The Balaban J connectivity index is 1.74. The van der Waals surface area contributed by atoms with E-state index in [4.69, 9.17) is 9.15 Å². The summed E-state index contributed by atoms with van der Waals surface area (Å²) in [6.45, 7) is 6.55. The highest BCUT2D eigenvalue weighted by Crippen LogP contribution is 2.26. The average molecular weight is 526 g/mol. The van der Waals surface area contributed by atoms with Gasteiger partial charge in [0, 0.05) is 21.8 Å². The second-order valence-electron chi connectivity index (χ2n) is 6.94. The fraction of sp³-hybridized carbons (Fsp3) is 0.125. The summed E-state index contributed by atoms with van der Waals surface area (Å²) >= 11 is 4.81. The molecule has 2 heterocycles. The molecule has 0 spiro atoms. The third-order valence-corrected chi connectivity index (χ3v) is 6.06. The van der Waals surface area contributed by atoms with Crippen LogP contribution in [0.15, 0.2) is 84.4 Å². The summed E-state index contributed by atoms with van der Waals surface area (Å²) in [5.41, 5.74) is 1.93. The molecule has 0 saturated carbocycles. The van der Waals surface area contributed by atoms with Gasteiger partial charge in [-0.3, -0.25) is 0 Å². The van der Waals surface area contributed by atoms with Crippen LogP contribution in [0.1, 0.15) is 12.5 Å². The lowest BCUT2D eigenvalue weighted by molar-refractivity contribution is 0.318. The number of hydrogen-bond acceptors (Lipinski definition) is 7. The molecule has 9 heteroatoms. The average Bonchev–Trinajstić information content (AvgIpc) is 3.18.